The summed E-state index contributed by atoms with van der Waals surface area (Å²) in [6.07, 6.45) is -12.3. The van der Waals surface area contributed by atoms with Crippen LogP contribution < -0.4 is 18.4 Å². The molecule has 0 spiro atoms. The molecule has 4 aromatic rings. The summed E-state index contributed by atoms with van der Waals surface area (Å²) < 4.78 is 311. The Morgan fingerprint density at radius 1 is 0.302 bits per heavy atom. The molecular formula is C26Cl2F22O2Se. The van der Waals surface area contributed by atoms with Crippen LogP contribution >= 0.6 is 20.2 Å². The van der Waals surface area contributed by atoms with Crippen LogP contribution in [0.4, 0.5) is 96.6 Å². The molecule has 0 heterocycles. The fourth-order valence-corrected chi connectivity index (χ4v) is 9.90. The van der Waals surface area contributed by atoms with Crippen LogP contribution in [0.1, 0.15) is 11.1 Å². The Morgan fingerprint density at radius 3 is 0.642 bits per heavy atom. The minimum atomic E-state index is -6.79. The van der Waals surface area contributed by atoms with E-state index in [4.69, 9.17) is 20.2 Å². The van der Waals surface area contributed by atoms with Crippen LogP contribution in [-0.4, -0.2) is 11.0 Å². The third kappa shape index (κ3) is 6.62. The Labute approximate surface area is 285 Å². The molecule has 0 aliphatic carbocycles. The predicted molar refractivity (Wildman–Crippen MR) is 132 cm³/mol. The zero-order valence-corrected chi connectivity index (χ0v) is 26.5. The zero-order valence-electron chi connectivity index (χ0n) is 23.3. The van der Waals surface area contributed by atoms with Gasteiger partial charge < -0.3 is 0 Å². The van der Waals surface area contributed by atoms with Crippen molar-refractivity contribution in [2.45, 2.75) is 12.4 Å². The summed E-state index contributed by atoms with van der Waals surface area (Å²) in [5.41, 5.74) is -6.52. The minimum absolute atomic E-state index is 2.63. The molecular weight excluding hydrogens is 912 g/mol. The first-order valence-corrected chi connectivity index (χ1v) is 18.4. The fourth-order valence-electron chi connectivity index (χ4n) is 4.02. The monoisotopic (exact) mass is 912 g/mol. The second-order valence-corrected chi connectivity index (χ2v) is 18.7. The standard InChI is InChI=1S/C26Cl2F22O2Se/c27-53(28,23-15(41)11(37)21(12(38)16(23)42)51-19-7(33)3(29)1(25(45,46)47)4(30)8(19)34)24-17(43)13(39)22(14(40)18(24)44)52-20-9(35)5(31)2(26(48,49)50)6(32)10(20)36. The first kappa shape index (κ1) is 41.8. The molecule has 0 fully saturated rings. The van der Waals surface area contributed by atoms with Crippen molar-refractivity contribution in [3.05, 3.63) is 104 Å². The molecule has 4 aromatic carbocycles. The van der Waals surface area contributed by atoms with Crippen molar-refractivity contribution in [3.8, 4) is 23.0 Å². The number of hydrogen-bond donors (Lipinski definition) is 0. The van der Waals surface area contributed by atoms with Crippen LogP contribution in [0, 0.1) is 93.1 Å². The molecule has 0 unspecified atom stereocenters. The van der Waals surface area contributed by atoms with Gasteiger partial charge >= 0.3 is 286 Å². The van der Waals surface area contributed by atoms with E-state index >= 15 is 17.6 Å². The first-order valence-electron chi connectivity index (χ1n) is 12.2. The summed E-state index contributed by atoms with van der Waals surface area (Å²) in [6.45, 7) is 0. The Hall–Kier alpha value is -3.96. The van der Waals surface area contributed by atoms with E-state index in [0.29, 0.717) is 0 Å². The molecule has 0 aromatic heterocycles. The second-order valence-electron chi connectivity index (χ2n) is 9.42. The average molecular weight is 912 g/mol. The van der Waals surface area contributed by atoms with E-state index in [0.717, 1.165) is 0 Å². The van der Waals surface area contributed by atoms with Gasteiger partial charge in [-0.1, -0.05) is 0 Å². The van der Waals surface area contributed by atoms with E-state index in [2.05, 4.69) is 9.47 Å². The van der Waals surface area contributed by atoms with Crippen LogP contribution in [0.5, 0.6) is 23.0 Å². The van der Waals surface area contributed by atoms with Crippen LogP contribution in [0.3, 0.4) is 0 Å². The van der Waals surface area contributed by atoms with Gasteiger partial charge in [0.1, 0.15) is 0 Å². The van der Waals surface area contributed by atoms with E-state index < -0.39 is 159 Å². The molecule has 53 heavy (non-hydrogen) atoms. The van der Waals surface area contributed by atoms with Gasteiger partial charge in [0.25, 0.3) is 0 Å². The predicted octanol–water partition coefficient (Wildman–Crippen LogP) is 10.6. The van der Waals surface area contributed by atoms with Crippen molar-refractivity contribution in [3.63, 3.8) is 0 Å². The van der Waals surface area contributed by atoms with Crippen LogP contribution in [0.15, 0.2) is 0 Å². The molecule has 0 bridgehead atoms. The summed E-state index contributed by atoms with van der Waals surface area (Å²) >= 11 is -6.79. The van der Waals surface area contributed by atoms with Crippen molar-refractivity contribution >= 4 is 40.1 Å². The summed E-state index contributed by atoms with van der Waals surface area (Å²) in [7, 11) is 11.2. The van der Waals surface area contributed by atoms with Crippen molar-refractivity contribution in [2.24, 2.45) is 0 Å². The van der Waals surface area contributed by atoms with Crippen molar-refractivity contribution in [1.82, 2.24) is 0 Å². The number of ether oxygens (including phenoxy) is 2. The van der Waals surface area contributed by atoms with E-state index in [-0.39, 0.29) is 0 Å². The number of hydrogen-bond acceptors (Lipinski definition) is 2. The van der Waals surface area contributed by atoms with Gasteiger partial charge in [0, 0.05) is 0 Å². The normalized spacial score (nSPS) is 12.8. The molecule has 0 amide bonds. The van der Waals surface area contributed by atoms with Crippen molar-refractivity contribution < 1.29 is 106 Å². The number of benzene rings is 4. The average Bonchev–Trinajstić information content (AvgIpc) is 3.03. The molecule has 0 aliphatic heterocycles. The maximum absolute atomic E-state index is 15.1. The van der Waals surface area contributed by atoms with Gasteiger partial charge in [-0.2, -0.15) is 0 Å². The molecule has 0 atom stereocenters. The molecule has 0 N–H and O–H groups in total. The van der Waals surface area contributed by atoms with Gasteiger partial charge in [-0.15, -0.1) is 0 Å². The van der Waals surface area contributed by atoms with E-state index in [1.54, 1.807) is 0 Å². The topological polar surface area (TPSA) is 18.5 Å². The van der Waals surface area contributed by atoms with Gasteiger partial charge in [0.05, 0.1) is 0 Å². The van der Waals surface area contributed by atoms with Gasteiger partial charge in [0.15, 0.2) is 0 Å². The number of rotatable bonds is 6. The second kappa shape index (κ2) is 13.7. The summed E-state index contributed by atoms with van der Waals surface area (Å²) in [5, 5.41) is 0. The molecule has 27 heteroatoms. The third-order valence-electron chi connectivity index (χ3n) is 6.30. The summed E-state index contributed by atoms with van der Waals surface area (Å²) in [6, 6.07) is 0. The molecule has 2 nitrogen and oxygen atoms in total. The fraction of sp³-hybridized carbons (Fsp3) is 0.0769. The Bertz CT molecular complexity index is 1950. The van der Waals surface area contributed by atoms with Gasteiger partial charge in [0.2, 0.25) is 0 Å². The Balaban J connectivity index is 1.90. The van der Waals surface area contributed by atoms with Crippen LogP contribution in [-0.2, 0) is 12.4 Å². The summed E-state index contributed by atoms with van der Waals surface area (Å²) in [5.74, 6) is -62.6. The molecule has 0 saturated heterocycles. The molecule has 0 aliphatic rings. The molecule has 0 saturated carbocycles. The Kier molecular flexibility index (Phi) is 10.8. The van der Waals surface area contributed by atoms with E-state index in [1.165, 1.54) is 0 Å². The van der Waals surface area contributed by atoms with Crippen LogP contribution in [0.25, 0.3) is 0 Å². The SMILES string of the molecule is Fc1c(F)c(C(F)(F)F)c(F)c(F)c1Oc1c(F)c(F)c([Se](Cl)(Cl)c2c(F)c(F)c(Oc3c(F)c(F)c(C(F)(F)F)c(F)c3F)c(F)c2F)c(F)c1F. The quantitative estimate of drug-likeness (QED) is 0.109. The zero-order chi connectivity index (χ0) is 40.8. The van der Waals surface area contributed by atoms with Gasteiger partial charge in [-0.3, -0.25) is 0 Å². The summed E-state index contributed by atoms with van der Waals surface area (Å²) in [4.78, 5) is 0. The van der Waals surface area contributed by atoms with Crippen LogP contribution in [0.2, 0.25) is 0 Å². The van der Waals surface area contributed by atoms with Gasteiger partial charge in [-0.05, 0) is 0 Å². The van der Waals surface area contributed by atoms with E-state index in [9.17, 15) is 79.0 Å². The molecule has 0 radical (unpaired) electrons. The first-order chi connectivity index (χ1) is 24.0. The number of halogens is 24. The maximum atomic E-state index is 15.1. The molecule has 4 rings (SSSR count). The third-order valence-corrected chi connectivity index (χ3v) is 13.2. The van der Waals surface area contributed by atoms with Gasteiger partial charge in [-0.25, -0.2) is 0 Å². The Morgan fingerprint density at radius 2 is 0.472 bits per heavy atom. The van der Waals surface area contributed by atoms with Crippen molar-refractivity contribution in [1.29, 1.82) is 0 Å². The molecule has 290 valence electrons. The number of alkyl halides is 6. The van der Waals surface area contributed by atoms with Crippen molar-refractivity contribution in [2.75, 3.05) is 0 Å². The van der Waals surface area contributed by atoms with E-state index in [1.807, 2.05) is 0 Å².